The van der Waals surface area contributed by atoms with Gasteiger partial charge >= 0.3 is 5.63 Å². The molecule has 1 heterocycles. The van der Waals surface area contributed by atoms with E-state index in [4.69, 9.17) is 4.42 Å². The van der Waals surface area contributed by atoms with Crippen molar-refractivity contribution >= 4 is 33.7 Å². The highest BCUT2D eigenvalue weighted by Gasteiger charge is 2.05. The first-order chi connectivity index (χ1) is 11.7. The van der Waals surface area contributed by atoms with Crippen LogP contribution in [0.2, 0.25) is 0 Å². The van der Waals surface area contributed by atoms with Crippen molar-refractivity contribution in [1.29, 1.82) is 0 Å². The fourth-order valence-corrected chi connectivity index (χ4v) is 3.10. The molecule has 0 N–H and O–H groups in total. The molecule has 0 aliphatic carbocycles. The van der Waals surface area contributed by atoms with Crippen LogP contribution in [0.25, 0.3) is 33.7 Å². The molecule has 0 saturated carbocycles. The van der Waals surface area contributed by atoms with Crippen LogP contribution >= 0.6 is 0 Å². The average molecular weight is 312 g/mol. The molecule has 0 bridgehead atoms. The van der Waals surface area contributed by atoms with Gasteiger partial charge in [-0.1, -0.05) is 54.6 Å². The lowest BCUT2D eigenvalue weighted by molar-refractivity contribution is 0.500. The van der Waals surface area contributed by atoms with Crippen LogP contribution in [0.3, 0.4) is 0 Å². The Bertz CT molecular complexity index is 1080. The first-order valence-corrected chi connectivity index (χ1v) is 7.91. The summed E-state index contributed by atoms with van der Waals surface area (Å²) in [5.41, 5.74) is 1.71. The van der Waals surface area contributed by atoms with Crippen LogP contribution in [0.15, 0.2) is 75.9 Å². The molecular formula is C22H16O2. The lowest BCUT2D eigenvalue weighted by atomic mass is 9.96. The third-order valence-electron chi connectivity index (χ3n) is 4.16. The summed E-state index contributed by atoms with van der Waals surface area (Å²) < 4.78 is 5.26. The van der Waals surface area contributed by atoms with Crippen molar-refractivity contribution in [3.8, 4) is 0 Å². The first kappa shape index (κ1) is 14.5. The smallest absolute Gasteiger partial charge is 0.336 e. The highest BCUT2D eigenvalue weighted by molar-refractivity contribution is 6.07. The largest absolute Gasteiger partial charge is 0.423 e. The van der Waals surface area contributed by atoms with E-state index in [0.29, 0.717) is 5.76 Å². The molecule has 4 rings (SSSR count). The van der Waals surface area contributed by atoms with Gasteiger partial charge < -0.3 is 4.42 Å². The second-order valence-electron chi connectivity index (χ2n) is 5.92. The maximum atomic E-state index is 11.5. The van der Waals surface area contributed by atoms with Crippen molar-refractivity contribution in [2.45, 2.75) is 6.92 Å². The zero-order valence-corrected chi connectivity index (χ0v) is 13.3. The summed E-state index contributed by atoms with van der Waals surface area (Å²) in [7, 11) is 0. The maximum absolute atomic E-state index is 11.5. The number of rotatable bonds is 2. The van der Waals surface area contributed by atoms with Crippen molar-refractivity contribution in [1.82, 2.24) is 0 Å². The number of hydrogen-bond acceptors (Lipinski definition) is 2. The zero-order valence-electron chi connectivity index (χ0n) is 13.3. The third-order valence-corrected chi connectivity index (χ3v) is 4.16. The van der Waals surface area contributed by atoms with Gasteiger partial charge in [0.15, 0.2) is 0 Å². The monoisotopic (exact) mass is 312 g/mol. The van der Waals surface area contributed by atoms with Gasteiger partial charge in [0.05, 0.1) is 0 Å². The molecule has 0 aliphatic heterocycles. The van der Waals surface area contributed by atoms with Crippen molar-refractivity contribution in [3.63, 3.8) is 0 Å². The van der Waals surface area contributed by atoms with Gasteiger partial charge in [-0.2, -0.15) is 0 Å². The quantitative estimate of drug-likeness (QED) is 0.462. The molecule has 0 aliphatic rings. The second kappa shape index (κ2) is 5.82. The van der Waals surface area contributed by atoms with Gasteiger partial charge in [-0.05, 0) is 57.8 Å². The first-order valence-electron chi connectivity index (χ1n) is 7.91. The van der Waals surface area contributed by atoms with Crippen LogP contribution in [-0.2, 0) is 0 Å². The van der Waals surface area contributed by atoms with Gasteiger partial charge in [0.1, 0.15) is 5.76 Å². The van der Waals surface area contributed by atoms with Gasteiger partial charge in [0, 0.05) is 6.07 Å². The van der Waals surface area contributed by atoms with E-state index in [-0.39, 0.29) is 5.63 Å². The highest BCUT2D eigenvalue weighted by atomic mass is 16.4. The molecule has 0 fully saturated rings. The number of benzene rings is 3. The normalized spacial score (nSPS) is 11.5. The summed E-state index contributed by atoms with van der Waals surface area (Å²) in [5, 5.41) is 4.76. The molecule has 24 heavy (non-hydrogen) atoms. The molecule has 3 aromatic carbocycles. The lowest BCUT2D eigenvalue weighted by Crippen LogP contribution is -1.97. The fourth-order valence-electron chi connectivity index (χ4n) is 3.10. The molecular weight excluding hydrogens is 296 g/mol. The predicted octanol–water partition coefficient (Wildman–Crippen LogP) is 5.43. The summed E-state index contributed by atoms with van der Waals surface area (Å²) in [4.78, 5) is 11.5. The molecule has 0 radical (unpaired) electrons. The van der Waals surface area contributed by atoms with Crippen molar-refractivity contribution < 1.29 is 4.42 Å². The minimum Gasteiger partial charge on any atom is -0.423 e. The molecule has 0 spiro atoms. The van der Waals surface area contributed by atoms with Crippen LogP contribution in [0.4, 0.5) is 0 Å². The van der Waals surface area contributed by atoms with Gasteiger partial charge in [0.2, 0.25) is 0 Å². The molecule has 0 saturated heterocycles. The second-order valence-corrected chi connectivity index (χ2v) is 5.92. The topological polar surface area (TPSA) is 30.2 Å². The standard InChI is InChI=1S/C22H16O2/c1-15-12-18(24-22(23)13-15)10-11-21-19-8-4-2-6-16(19)14-17-7-3-5-9-20(17)21/h2-14H,1H3. The summed E-state index contributed by atoms with van der Waals surface area (Å²) in [6.07, 6.45) is 3.89. The van der Waals surface area contributed by atoms with Crippen LogP contribution in [-0.4, -0.2) is 0 Å². The fraction of sp³-hybridized carbons (Fsp3) is 0.0455. The SMILES string of the molecule is Cc1cc(C=Cc2c3ccccc3cc3ccccc23)oc(=O)c1. The van der Waals surface area contributed by atoms with Crippen molar-refractivity contribution in [2.24, 2.45) is 0 Å². The van der Waals surface area contributed by atoms with E-state index in [1.54, 1.807) is 0 Å². The van der Waals surface area contributed by atoms with Crippen LogP contribution in [0.5, 0.6) is 0 Å². The molecule has 4 aromatic rings. The molecule has 0 unspecified atom stereocenters. The van der Waals surface area contributed by atoms with Gasteiger partial charge in [-0.15, -0.1) is 0 Å². The Morgan fingerprint density at radius 1 is 0.792 bits per heavy atom. The van der Waals surface area contributed by atoms with Crippen LogP contribution in [0, 0.1) is 6.92 Å². The Morgan fingerprint density at radius 3 is 2.04 bits per heavy atom. The van der Waals surface area contributed by atoms with E-state index < -0.39 is 0 Å². The van der Waals surface area contributed by atoms with Crippen molar-refractivity contribution in [3.05, 3.63) is 94.0 Å². The van der Waals surface area contributed by atoms with Gasteiger partial charge in [-0.25, -0.2) is 4.79 Å². The van der Waals surface area contributed by atoms with Crippen molar-refractivity contribution in [2.75, 3.05) is 0 Å². The number of fused-ring (bicyclic) bond motifs is 2. The Morgan fingerprint density at radius 2 is 1.42 bits per heavy atom. The molecule has 2 nitrogen and oxygen atoms in total. The molecule has 116 valence electrons. The average Bonchev–Trinajstić information content (AvgIpc) is 2.58. The lowest BCUT2D eigenvalue weighted by Gasteiger charge is -2.08. The molecule has 0 atom stereocenters. The minimum atomic E-state index is -0.322. The Hall–Kier alpha value is -3.13. The molecule has 2 heteroatoms. The zero-order chi connectivity index (χ0) is 16.5. The number of aryl methyl sites for hydroxylation is 1. The Labute approximate surface area is 139 Å². The summed E-state index contributed by atoms with van der Waals surface area (Å²) in [6.45, 7) is 1.89. The van der Waals surface area contributed by atoms with E-state index in [1.807, 2.05) is 49.4 Å². The van der Waals surface area contributed by atoms with Crippen LogP contribution < -0.4 is 5.63 Å². The Balaban J connectivity index is 1.96. The summed E-state index contributed by atoms with van der Waals surface area (Å²) in [5.74, 6) is 0.567. The summed E-state index contributed by atoms with van der Waals surface area (Å²) >= 11 is 0. The highest BCUT2D eigenvalue weighted by Crippen LogP contribution is 2.29. The van der Waals surface area contributed by atoms with E-state index in [0.717, 1.165) is 11.1 Å². The van der Waals surface area contributed by atoms with E-state index in [1.165, 1.54) is 27.6 Å². The third kappa shape index (κ3) is 2.63. The Kier molecular flexibility index (Phi) is 3.51. The molecule has 0 amide bonds. The minimum absolute atomic E-state index is 0.322. The number of hydrogen-bond donors (Lipinski definition) is 0. The van der Waals surface area contributed by atoms with E-state index in [2.05, 4.69) is 30.3 Å². The maximum Gasteiger partial charge on any atom is 0.336 e. The van der Waals surface area contributed by atoms with E-state index >= 15 is 0 Å². The van der Waals surface area contributed by atoms with Crippen LogP contribution in [0.1, 0.15) is 16.9 Å². The van der Waals surface area contributed by atoms with Gasteiger partial charge in [0.25, 0.3) is 0 Å². The predicted molar refractivity (Wildman–Crippen MR) is 100 cm³/mol. The van der Waals surface area contributed by atoms with Gasteiger partial charge in [-0.3, -0.25) is 0 Å². The summed E-state index contributed by atoms with van der Waals surface area (Å²) in [6, 6.07) is 22.2. The molecule has 1 aromatic heterocycles. The van der Waals surface area contributed by atoms with E-state index in [9.17, 15) is 4.79 Å².